The predicted molar refractivity (Wildman–Crippen MR) is 83.5 cm³/mol. The number of rotatable bonds is 4. The highest BCUT2D eigenvalue weighted by atomic mass is 16.5. The molecule has 21 heavy (non-hydrogen) atoms. The molecule has 1 aromatic rings. The van der Waals surface area contributed by atoms with Gasteiger partial charge < -0.3 is 15.2 Å². The van der Waals surface area contributed by atoms with E-state index in [1.54, 1.807) is 7.11 Å². The summed E-state index contributed by atoms with van der Waals surface area (Å²) in [5.41, 5.74) is 7.60. The lowest BCUT2D eigenvalue weighted by Gasteiger charge is -2.44. The van der Waals surface area contributed by atoms with Crippen LogP contribution in [0.3, 0.4) is 0 Å². The van der Waals surface area contributed by atoms with Crippen molar-refractivity contribution in [2.45, 2.75) is 50.4 Å². The molecular formula is C17H26N2O2. The van der Waals surface area contributed by atoms with E-state index >= 15 is 0 Å². The second-order valence-electron chi connectivity index (χ2n) is 6.23. The fourth-order valence-corrected chi connectivity index (χ4v) is 3.92. The number of nitrogens with two attached hydrogens (primary N) is 1. The van der Waals surface area contributed by atoms with Crippen LogP contribution in [-0.2, 0) is 4.74 Å². The zero-order valence-electron chi connectivity index (χ0n) is 13.0. The third kappa shape index (κ3) is 2.93. The normalized spacial score (nSPS) is 28.9. The van der Waals surface area contributed by atoms with Gasteiger partial charge in [0.05, 0.1) is 25.9 Å². The van der Waals surface area contributed by atoms with Crippen LogP contribution in [0.1, 0.15) is 37.8 Å². The molecule has 0 bridgehead atoms. The summed E-state index contributed by atoms with van der Waals surface area (Å²) in [6.07, 6.45) is 4.06. The molecule has 0 aromatic heterocycles. The van der Waals surface area contributed by atoms with Crippen molar-refractivity contribution < 1.29 is 9.47 Å². The molecule has 1 saturated heterocycles. The Morgan fingerprint density at radius 2 is 2.24 bits per heavy atom. The highest BCUT2D eigenvalue weighted by Crippen LogP contribution is 2.37. The summed E-state index contributed by atoms with van der Waals surface area (Å²) in [6, 6.07) is 9.14. The molecule has 1 saturated carbocycles. The van der Waals surface area contributed by atoms with E-state index in [1.807, 2.05) is 6.07 Å². The predicted octanol–water partition coefficient (Wildman–Crippen LogP) is 2.34. The van der Waals surface area contributed by atoms with Crippen LogP contribution in [0.4, 0.5) is 0 Å². The average Bonchev–Trinajstić information content (AvgIpc) is 2.97. The van der Waals surface area contributed by atoms with Crippen LogP contribution in [0, 0.1) is 0 Å². The van der Waals surface area contributed by atoms with Gasteiger partial charge in [-0.25, -0.2) is 0 Å². The number of fused-ring (bicyclic) bond motifs is 1. The highest BCUT2D eigenvalue weighted by molar-refractivity contribution is 5.31. The SMILES string of the molecule is COc1cccc(C(C(C)N)N2CCOC3CCCC32)c1. The zero-order valence-corrected chi connectivity index (χ0v) is 13.0. The molecule has 4 nitrogen and oxygen atoms in total. The van der Waals surface area contributed by atoms with Gasteiger partial charge in [-0.2, -0.15) is 0 Å². The molecule has 0 radical (unpaired) electrons. The number of nitrogens with zero attached hydrogens (tertiary/aromatic N) is 1. The van der Waals surface area contributed by atoms with E-state index in [9.17, 15) is 0 Å². The van der Waals surface area contributed by atoms with Crippen molar-refractivity contribution in [1.29, 1.82) is 0 Å². The fraction of sp³-hybridized carbons (Fsp3) is 0.647. The molecule has 4 unspecified atom stereocenters. The standard InChI is InChI=1S/C17H26N2O2/c1-12(18)17(13-5-3-6-14(11-13)20-2)19-9-10-21-16-8-4-7-15(16)19/h3,5-6,11-12,15-17H,4,7-10,18H2,1-2H3. The summed E-state index contributed by atoms with van der Waals surface area (Å²) in [5.74, 6) is 0.898. The summed E-state index contributed by atoms with van der Waals surface area (Å²) in [7, 11) is 1.71. The topological polar surface area (TPSA) is 47.7 Å². The molecule has 0 amide bonds. The lowest BCUT2D eigenvalue weighted by Crippen LogP contribution is -2.53. The van der Waals surface area contributed by atoms with Crippen molar-refractivity contribution in [1.82, 2.24) is 4.90 Å². The van der Waals surface area contributed by atoms with E-state index in [0.717, 1.165) is 18.9 Å². The molecule has 0 spiro atoms. The van der Waals surface area contributed by atoms with E-state index < -0.39 is 0 Å². The van der Waals surface area contributed by atoms with Crippen molar-refractivity contribution in [3.05, 3.63) is 29.8 Å². The zero-order chi connectivity index (χ0) is 14.8. The Hall–Kier alpha value is -1.10. The summed E-state index contributed by atoms with van der Waals surface area (Å²) >= 11 is 0. The monoisotopic (exact) mass is 290 g/mol. The molecule has 3 rings (SSSR count). The van der Waals surface area contributed by atoms with Crippen LogP contribution in [0.2, 0.25) is 0 Å². The first-order valence-electron chi connectivity index (χ1n) is 7.97. The third-order valence-corrected chi connectivity index (χ3v) is 4.82. The Labute approximate surface area is 127 Å². The lowest BCUT2D eigenvalue weighted by molar-refractivity contribution is -0.0753. The van der Waals surface area contributed by atoms with Gasteiger partial charge in [-0.1, -0.05) is 12.1 Å². The Morgan fingerprint density at radius 1 is 1.38 bits per heavy atom. The maximum Gasteiger partial charge on any atom is 0.119 e. The van der Waals surface area contributed by atoms with Gasteiger partial charge in [0.1, 0.15) is 5.75 Å². The van der Waals surface area contributed by atoms with Gasteiger partial charge in [-0.05, 0) is 43.9 Å². The first kappa shape index (κ1) is 14.8. The van der Waals surface area contributed by atoms with E-state index in [-0.39, 0.29) is 12.1 Å². The summed E-state index contributed by atoms with van der Waals surface area (Å²) < 4.78 is 11.3. The van der Waals surface area contributed by atoms with Crippen LogP contribution in [0.15, 0.2) is 24.3 Å². The third-order valence-electron chi connectivity index (χ3n) is 4.82. The fourth-order valence-electron chi connectivity index (χ4n) is 3.92. The van der Waals surface area contributed by atoms with Gasteiger partial charge in [0.2, 0.25) is 0 Å². The molecule has 2 fully saturated rings. The van der Waals surface area contributed by atoms with Gasteiger partial charge in [0, 0.05) is 18.6 Å². The van der Waals surface area contributed by atoms with Gasteiger partial charge in [0.15, 0.2) is 0 Å². The van der Waals surface area contributed by atoms with E-state index in [4.69, 9.17) is 15.2 Å². The van der Waals surface area contributed by atoms with Gasteiger partial charge in [0.25, 0.3) is 0 Å². The number of methoxy groups -OCH3 is 1. The van der Waals surface area contributed by atoms with Crippen LogP contribution in [0.5, 0.6) is 5.75 Å². The first-order chi connectivity index (χ1) is 10.2. The van der Waals surface area contributed by atoms with Crippen molar-refractivity contribution in [2.24, 2.45) is 5.73 Å². The summed E-state index contributed by atoms with van der Waals surface area (Å²) in [6.45, 7) is 3.88. The molecule has 1 aliphatic heterocycles. The van der Waals surface area contributed by atoms with E-state index in [0.29, 0.717) is 12.1 Å². The Kier molecular flexibility index (Phi) is 4.48. The van der Waals surface area contributed by atoms with Crippen molar-refractivity contribution in [2.75, 3.05) is 20.3 Å². The van der Waals surface area contributed by atoms with Gasteiger partial charge in [-0.15, -0.1) is 0 Å². The second-order valence-corrected chi connectivity index (χ2v) is 6.23. The number of hydrogen-bond acceptors (Lipinski definition) is 4. The molecule has 1 heterocycles. The molecule has 2 N–H and O–H groups in total. The maximum atomic E-state index is 6.35. The smallest absolute Gasteiger partial charge is 0.119 e. The minimum Gasteiger partial charge on any atom is -0.497 e. The molecule has 1 aromatic carbocycles. The molecule has 4 heteroatoms. The van der Waals surface area contributed by atoms with Crippen LogP contribution in [0.25, 0.3) is 0 Å². The van der Waals surface area contributed by atoms with Crippen molar-refractivity contribution in [3.8, 4) is 5.75 Å². The van der Waals surface area contributed by atoms with Crippen molar-refractivity contribution in [3.63, 3.8) is 0 Å². The summed E-state index contributed by atoms with van der Waals surface area (Å²) in [5, 5.41) is 0. The van der Waals surface area contributed by atoms with E-state index in [1.165, 1.54) is 24.8 Å². The molecule has 4 atom stereocenters. The molecule has 1 aliphatic carbocycles. The number of ether oxygens (including phenoxy) is 2. The number of morpholine rings is 1. The van der Waals surface area contributed by atoms with Gasteiger partial charge in [-0.3, -0.25) is 4.90 Å². The van der Waals surface area contributed by atoms with Crippen molar-refractivity contribution >= 4 is 0 Å². The van der Waals surface area contributed by atoms with Crippen LogP contribution < -0.4 is 10.5 Å². The minimum absolute atomic E-state index is 0.0801. The lowest BCUT2D eigenvalue weighted by atomic mass is 9.95. The molecule has 2 aliphatic rings. The Morgan fingerprint density at radius 3 is 3.00 bits per heavy atom. The molecular weight excluding hydrogens is 264 g/mol. The number of benzene rings is 1. The Bertz CT molecular complexity index is 478. The van der Waals surface area contributed by atoms with Gasteiger partial charge >= 0.3 is 0 Å². The Balaban J connectivity index is 1.89. The number of hydrogen-bond donors (Lipinski definition) is 1. The van der Waals surface area contributed by atoms with E-state index in [2.05, 4.69) is 30.0 Å². The van der Waals surface area contributed by atoms with Crippen LogP contribution >= 0.6 is 0 Å². The molecule has 116 valence electrons. The quantitative estimate of drug-likeness (QED) is 0.924. The largest absolute Gasteiger partial charge is 0.497 e. The minimum atomic E-state index is 0.0801. The first-order valence-corrected chi connectivity index (χ1v) is 7.97. The average molecular weight is 290 g/mol. The highest BCUT2D eigenvalue weighted by Gasteiger charge is 2.40. The second kappa shape index (κ2) is 6.34. The summed E-state index contributed by atoms with van der Waals surface area (Å²) in [4.78, 5) is 2.57. The van der Waals surface area contributed by atoms with Crippen LogP contribution in [-0.4, -0.2) is 43.3 Å². The maximum absolute atomic E-state index is 6.35.